The monoisotopic (exact) mass is 346 g/mol. The van der Waals surface area contributed by atoms with Gasteiger partial charge >= 0.3 is 6.18 Å². The first-order valence-electron chi connectivity index (χ1n) is 7.67. The van der Waals surface area contributed by atoms with Crippen molar-refractivity contribution >= 4 is 11.7 Å². The molecule has 0 aromatic carbocycles. The minimum atomic E-state index is -4.33. The molecule has 1 aromatic rings. The van der Waals surface area contributed by atoms with Gasteiger partial charge in [0.05, 0.1) is 23.9 Å². The first kappa shape index (κ1) is 18.4. The lowest BCUT2D eigenvalue weighted by atomic mass is 9.77. The zero-order valence-corrected chi connectivity index (χ0v) is 13.6. The Hall–Kier alpha value is -1.90. The summed E-state index contributed by atoms with van der Waals surface area (Å²) >= 11 is 0. The molecule has 1 aliphatic rings. The van der Waals surface area contributed by atoms with E-state index in [1.165, 1.54) is 12.4 Å². The van der Waals surface area contributed by atoms with Crippen molar-refractivity contribution in [3.63, 3.8) is 0 Å². The van der Waals surface area contributed by atoms with Gasteiger partial charge in [0.1, 0.15) is 11.5 Å². The number of anilines is 1. The number of aromatic nitrogens is 2. The summed E-state index contributed by atoms with van der Waals surface area (Å²) in [5, 5.41) is 12.8. The SMILES string of the molecule is CN(C)c1cnc(C(=O)NCC2(O)CCCC(C(F)(F)F)C2)cn1. The van der Waals surface area contributed by atoms with Crippen LogP contribution in [0.1, 0.15) is 36.2 Å². The number of alkyl halides is 3. The molecule has 2 rings (SSSR count). The van der Waals surface area contributed by atoms with E-state index in [0.717, 1.165) is 0 Å². The Kier molecular flexibility index (Phi) is 5.32. The van der Waals surface area contributed by atoms with Crippen molar-refractivity contribution in [2.75, 3.05) is 25.5 Å². The summed E-state index contributed by atoms with van der Waals surface area (Å²) in [7, 11) is 3.55. The van der Waals surface area contributed by atoms with Crippen LogP contribution in [0.15, 0.2) is 12.4 Å². The lowest BCUT2D eigenvalue weighted by Gasteiger charge is -2.37. The van der Waals surface area contributed by atoms with E-state index in [9.17, 15) is 23.1 Å². The second-order valence-electron chi connectivity index (χ2n) is 6.40. The molecule has 1 fully saturated rings. The van der Waals surface area contributed by atoms with Crippen molar-refractivity contribution < 1.29 is 23.1 Å². The van der Waals surface area contributed by atoms with Gasteiger partial charge in [0.15, 0.2) is 0 Å². The summed E-state index contributed by atoms with van der Waals surface area (Å²) in [4.78, 5) is 21.8. The second kappa shape index (κ2) is 6.92. The fourth-order valence-electron chi connectivity index (χ4n) is 2.79. The number of carbonyl (C=O) groups is 1. The Balaban J connectivity index is 1.95. The average Bonchev–Trinajstić information content (AvgIpc) is 2.52. The second-order valence-corrected chi connectivity index (χ2v) is 6.40. The molecule has 0 saturated heterocycles. The van der Waals surface area contributed by atoms with Gasteiger partial charge in [-0.1, -0.05) is 0 Å². The zero-order valence-electron chi connectivity index (χ0n) is 13.6. The third-order valence-electron chi connectivity index (χ3n) is 4.19. The topological polar surface area (TPSA) is 78.4 Å². The van der Waals surface area contributed by atoms with Gasteiger partial charge in [-0.05, 0) is 25.7 Å². The summed E-state index contributed by atoms with van der Waals surface area (Å²) in [6.07, 6.45) is -1.51. The molecule has 2 unspecified atom stereocenters. The molecule has 0 aliphatic heterocycles. The maximum absolute atomic E-state index is 12.8. The molecule has 6 nitrogen and oxygen atoms in total. The van der Waals surface area contributed by atoms with Crippen molar-refractivity contribution in [2.24, 2.45) is 5.92 Å². The highest BCUT2D eigenvalue weighted by molar-refractivity contribution is 5.92. The highest BCUT2D eigenvalue weighted by Gasteiger charge is 2.47. The van der Waals surface area contributed by atoms with Crippen molar-refractivity contribution in [1.29, 1.82) is 0 Å². The fraction of sp³-hybridized carbons (Fsp3) is 0.667. The van der Waals surface area contributed by atoms with Crippen LogP contribution in [0.25, 0.3) is 0 Å². The van der Waals surface area contributed by atoms with Crippen LogP contribution >= 0.6 is 0 Å². The summed E-state index contributed by atoms with van der Waals surface area (Å²) in [5.41, 5.74) is -1.50. The number of nitrogens with zero attached hydrogens (tertiary/aromatic N) is 3. The van der Waals surface area contributed by atoms with Crippen LogP contribution in [0, 0.1) is 5.92 Å². The zero-order chi connectivity index (χ0) is 18.0. The number of hydrogen-bond acceptors (Lipinski definition) is 5. The number of carbonyl (C=O) groups excluding carboxylic acids is 1. The quantitative estimate of drug-likeness (QED) is 0.869. The molecule has 1 saturated carbocycles. The smallest absolute Gasteiger partial charge is 0.388 e. The lowest BCUT2D eigenvalue weighted by Crippen LogP contribution is -2.48. The molecule has 2 N–H and O–H groups in total. The molecule has 2 atom stereocenters. The lowest BCUT2D eigenvalue weighted by molar-refractivity contribution is -0.199. The number of hydrogen-bond donors (Lipinski definition) is 2. The number of halogens is 3. The van der Waals surface area contributed by atoms with Crippen molar-refractivity contribution in [3.05, 3.63) is 18.1 Å². The van der Waals surface area contributed by atoms with Gasteiger partial charge in [0.25, 0.3) is 5.91 Å². The van der Waals surface area contributed by atoms with Gasteiger partial charge in [-0.2, -0.15) is 13.2 Å². The van der Waals surface area contributed by atoms with E-state index in [4.69, 9.17) is 0 Å². The van der Waals surface area contributed by atoms with Gasteiger partial charge in [0.2, 0.25) is 0 Å². The van der Waals surface area contributed by atoms with Crippen LogP contribution in [0.2, 0.25) is 0 Å². The maximum Gasteiger partial charge on any atom is 0.391 e. The highest BCUT2D eigenvalue weighted by Crippen LogP contribution is 2.41. The summed E-state index contributed by atoms with van der Waals surface area (Å²) in [6.45, 7) is -0.241. The minimum Gasteiger partial charge on any atom is -0.388 e. The summed E-state index contributed by atoms with van der Waals surface area (Å²) in [5.74, 6) is -1.53. The molecular weight excluding hydrogens is 325 g/mol. The van der Waals surface area contributed by atoms with Crippen molar-refractivity contribution in [2.45, 2.75) is 37.5 Å². The van der Waals surface area contributed by atoms with E-state index in [1.54, 1.807) is 19.0 Å². The van der Waals surface area contributed by atoms with Crippen LogP contribution < -0.4 is 10.2 Å². The average molecular weight is 346 g/mol. The van der Waals surface area contributed by atoms with Gasteiger partial charge < -0.3 is 15.3 Å². The molecular formula is C15H21F3N4O2. The van der Waals surface area contributed by atoms with Gasteiger partial charge in [0, 0.05) is 20.6 Å². The predicted molar refractivity (Wildman–Crippen MR) is 81.7 cm³/mol. The Morgan fingerprint density at radius 3 is 2.67 bits per heavy atom. The normalized spacial score (nSPS) is 24.5. The van der Waals surface area contributed by atoms with E-state index in [1.807, 2.05) is 0 Å². The van der Waals surface area contributed by atoms with E-state index in [0.29, 0.717) is 5.82 Å². The third kappa shape index (κ3) is 4.56. The van der Waals surface area contributed by atoms with Crippen LogP contribution in [0.3, 0.4) is 0 Å². The van der Waals surface area contributed by atoms with E-state index >= 15 is 0 Å². The van der Waals surface area contributed by atoms with Gasteiger partial charge in [-0.25, -0.2) is 9.97 Å². The maximum atomic E-state index is 12.8. The molecule has 1 amide bonds. The number of nitrogens with one attached hydrogen (secondary N) is 1. The molecule has 1 aliphatic carbocycles. The van der Waals surface area contributed by atoms with Crippen molar-refractivity contribution in [1.82, 2.24) is 15.3 Å². The first-order chi connectivity index (χ1) is 11.1. The Bertz CT molecular complexity index is 577. The Morgan fingerprint density at radius 1 is 1.42 bits per heavy atom. The molecule has 24 heavy (non-hydrogen) atoms. The summed E-state index contributed by atoms with van der Waals surface area (Å²) in [6, 6.07) is 0. The summed E-state index contributed by atoms with van der Waals surface area (Å²) < 4.78 is 38.5. The largest absolute Gasteiger partial charge is 0.391 e. The predicted octanol–water partition coefficient (Wildman–Crippen LogP) is 1.76. The fourth-order valence-corrected chi connectivity index (χ4v) is 2.79. The number of aliphatic hydroxyl groups is 1. The van der Waals surface area contributed by atoms with E-state index < -0.39 is 30.0 Å². The molecule has 0 radical (unpaired) electrons. The van der Waals surface area contributed by atoms with E-state index in [2.05, 4.69) is 15.3 Å². The van der Waals surface area contributed by atoms with Crippen LogP contribution in [0.5, 0.6) is 0 Å². The Labute approximate surface area is 138 Å². The van der Waals surface area contributed by atoms with Gasteiger partial charge in [-0.3, -0.25) is 4.79 Å². The minimum absolute atomic E-state index is 0.0111. The Morgan fingerprint density at radius 2 is 2.12 bits per heavy atom. The first-order valence-corrected chi connectivity index (χ1v) is 7.67. The van der Waals surface area contributed by atoms with Crippen LogP contribution in [-0.4, -0.2) is 53.4 Å². The van der Waals surface area contributed by atoms with E-state index in [-0.39, 0.29) is 31.5 Å². The van der Waals surface area contributed by atoms with Crippen molar-refractivity contribution in [3.8, 4) is 0 Å². The molecule has 1 aromatic heterocycles. The molecule has 0 bridgehead atoms. The van der Waals surface area contributed by atoms with Gasteiger partial charge in [-0.15, -0.1) is 0 Å². The number of rotatable bonds is 4. The molecule has 0 spiro atoms. The third-order valence-corrected chi connectivity index (χ3v) is 4.19. The van der Waals surface area contributed by atoms with Crippen LogP contribution in [0.4, 0.5) is 19.0 Å². The molecule has 134 valence electrons. The molecule has 1 heterocycles. The number of amides is 1. The standard InChI is InChI=1S/C15H21F3N4O2/c1-22(2)12-8-19-11(7-20-12)13(23)21-9-14(24)5-3-4-10(6-14)15(16,17)18/h7-8,10,24H,3-6,9H2,1-2H3,(H,21,23). The molecule has 9 heteroatoms. The highest BCUT2D eigenvalue weighted by atomic mass is 19.4. The van der Waals surface area contributed by atoms with Crippen LogP contribution in [-0.2, 0) is 0 Å².